The van der Waals surface area contributed by atoms with E-state index in [9.17, 15) is 9.90 Å². The lowest BCUT2D eigenvalue weighted by Crippen LogP contribution is -2.28. The lowest BCUT2D eigenvalue weighted by atomic mass is 10.2. The maximum Gasteiger partial charge on any atom is 0.255 e. The van der Waals surface area contributed by atoms with Gasteiger partial charge >= 0.3 is 0 Å². The first-order valence-electron chi connectivity index (χ1n) is 4.94. The van der Waals surface area contributed by atoms with Crippen LogP contribution < -0.4 is 5.32 Å². The first-order chi connectivity index (χ1) is 7.00. The van der Waals surface area contributed by atoms with Crippen molar-refractivity contribution in [3.8, 4) is 5.75 Å². The maximum atomic E-state index is 11.7. The molecule has 0 saturated heterocycles. The highest BCUT2D eigenvalue weighted by Gasteiger charge is 2.46. The molecule has 0 bridgehead atoms. The van der Waals surface area contributed by atoms with Crippen molar-refractivity contribution in [1.29, 1.82) is 0 Å². The number of carbonyl (C=O) groups excluding carboxylic acids is 1. The summed E-state index contributed by atoms with van der Waals surface area (Å²) in [6, 6.07) is 1.73. The van der Waals surface area contributed by atoms with E-state index in [1.807, 2.05) is 0 Å². The molecule has 4 heteroatoms. The zero-order chi connectivity index (χ0) is 11.1. The molecule has 1 heterocycles. The molecule has 1 saturated carbocycles. The largest absolute Gasteiger partial charge is 0.505 e. The summed E-state index contributed by atoms with van der Waals surface area (Å²) in [6.45, 7) is 4.20. The summed E-state index contributed by atoms with van der Waals surface area (Å²) in [5.41, 5.74) is 0.478. The van der Waals surface area contributed by atoms with Gasteiger partial charge in [0.1, 0.15) is 5.75 Å². The first-order valence-corrected chi connectivity index (χ1v) is 4.94. The zero-order valence-electron chi connectivity index (χ0n) is 8.82. The molecule has 1 aromatic heterocycles. The van der Waals surface area contributed by atoms with Gasteiger partial charge in [-0.2, -0.15) is 0 Å². The lowest BCUT2D eigenvalue weighted by Gasteiger charge is -2.07. The average Bonchev–Trinajstić information content (AvgIpc) is 2.74. The van der Waals surface area contributed by atoms with Gasteiger partial charge in [0.25, 0.3) is 5.91 Å². The molecular weight excluding hydrogens is 192 g/mol. The second-order valence-corrected chi connectivity index (χ2v) is 4.61. The van der Waals surface area contributed by atoms with Crippen LogP contribution in [0.15, 0.2) is 18.5 Å². The van der Waals surface area contributed by atoms with Crippen molar-refractivity contribution in [3.05, 3.63) is 24.0 Å². The molecule has 4 nitrogen and oxygen atoms in total. The van der Waals surface area contributed by atoms with Crippen LogP contribution in [0.2, 0.25) is 0 Å². The van der Waals surface area contributed by atoms with Crippen molar-refractivity contribution < 1.29 is 9.90 Å². The van der Waals surface area contributed by atoms with E-state index >= 15 is 0 Å². The zero-order valence-corrected chi connectivity index (χ0v) is 8.82. The number of aromatic hydroxyl groups is 1. The second kappa shape index (κ2) is 3.22. The Hall–Kier alpha value is -1.58. The third kappa shape index (κ3) is 1.93. The molecule has 0 aromatic carbocycles. The van der Waals surface area contributed by atoms with Crippen molar-refractivity contribution in [1.82, 2.24) is 10.3 Å². The van der Waals surface area contributed by atoms with E-state index in [1.54, 1.807) is 0 Å². The summed E-state index contributed by atoms with van der Waals surface area (Å²) in [6.07, 6.45) is 3.75. The Balaban J connectivity index is 2.06. The summed E-state index contributed by atoms with van der Waals surface area (Å²) < 4.78 is 0. The van der Waals surface area contributed by atoms with Gasteiger partial charge in [-0.25, -0.2) is 0 Å². The van der Waals surface area contributed by atoms with Gasteiger partial charge in [0.15, 0.2) is 0 Å². The van der Waals surface area contributed by atoms with Crippen LogP contribution in [0, 0.1) is 5.41 Å². The molecule has 1 fully saturated rings. The predicted octanol–water partition coefficient (Wildman–Crippen LogP) is 1.32. The van der Waals surface area contributed by atoms with Crippen molar-refractivity contribution in [2.45, 2.75) is 26.3 Å². The topological polar surface area (TPSA) is 62.2 Å². The molecule has 2 N–H and O–H groups in total. The molecule has 0 spiro atoms. The SMILES string of the molecule is CC1(C)CC1NC(=O)c1ccncc1O. The fourth-order valence-corrected chi connectivity index (χ4v) is 1.53. The standard InChI is InChI=1S/C11H14N2O2/c1-11(2)5-9(11)13-10(15)7-3-4-12-6-8(7)14/h3-4,6,9,14H,5H2,1-2H3,(H,13,15). The quantitative estimate of drug-likeness (QED) is 0.767. The molecule has 1 aromatic rings. The minimum Gasteiger partial charge on any atom is -0.505 e. The lowest BCUT2D eigenvalue weighted by molar-refractivity contribution is 0.0943. The minimum absolute atomic E-state index is 0.0755. The number of amides is 1. The Labute approximate surface area is 88.3 Å². The Morgan fingerprint density at radius 1 is 1.67 bits per heavy atom. The van der Waals surface area contributed by atoms with Crippen molar-refractivity contribution in [2.75, 3.05) is 0 Å². The number of pyridine rings is 1. The maximum absolute atomic E-state index is 11.7. The van der Waals surface area contributed by atoms with Gasteiger partial charge in [0.05, 0.1) is 11.8 Å². The van der Waals surface area contributed by atoms with E-state index in [0.717, 1.165) is 6.42 Å². The number of nitrogens with zero attached hydrogens (tertiary/aromatic N) is 1. The monoisotopic (exact) mass is 206 g/mol. The van der Waals surface area contributed by atoms with Gasteiger partial charge in [-0.3, -0.25) is 9.78 Å². The van der Waals surface area contributed by atoms with Gasteiger partial charge < -0.3 is 10.4 Å². The summed E-state index contributed by atoms with van der Waals surface area (Å²) in [7, 11) is 0. The normalized spacial score (nSPS) is 22.1. The Morgan fingerprint density at radius 2 is 2.33 bits per heavy atom. The highest BCUT2D eigenvalue weighted by Crippen LogP contribution is 2.44. The molecule has 0 aliphatic heterocycles. The molecular formula is C11H14N2O2. The number of hydrogen-bond acceptors (Lipinski definition) is 3. The number of nitrogens with one attached hydrogen (secondary N) is 1. The predicted molar refractivity (Wildman–Crippen MR) is 55.6 cm³/mol. The van der Waals surface area contributed by atoms with E-state index in [4.69, 9.17) is 0 Å². The summed E-state index contributed by atoms with van der Waals surface area (Å²) in [4.78, 5) is 15.4. The molecule has 2 rings (SSSR count). The van der Waals surface area contributed by atoms with Crippen LogP contribution in [0.1, 0.15) is 30.6 Å². The molecule has 1 amide bonds. The number of rotatable bonds is 2. The smallest absolute Gasteiger partial charge is 0.255 e. The number of hydrogen-bond donors (Lipinski definition) is 2. The summed E-state index contributed by atoms with van der Waals surface area (Å²) in [5, 5.41) is 12.3. The highest BCUT2D eigenvalue weighted by atomic mass is 16.3. The number of carbonyl (C=O) groups is 1. The molecule has 15 heavy (non-hydrogen) atoms. The highest BCUT2D eigenvalue weighted by molar-refractivity contribution is 5.97. The van der Waals surface area contributed by atoms with Crippen LogP contribution >= 0.6 is 0 Å². The summed E-state index contributed by atoms with van der Waals surface area (Å²) >= 11 is 0. The van der Waals surface area contributed by atoms with Crippen LogP contribution in [-0.2, 0) is 0 Å². The Morgan fingerprint density at radius 3 is 2.87 bits per heavy atom. The van der Waals surface area contributed by atoms with Crippen LogP contribution in [-0.4, -0.2) is 22.0 Å². The molecule has 1 aliphatic rings. The van der Waals surface area contributed by atoms with Gasteiger partial charge in [-0.05, 0) is 17.9 Å². The van der Waals surface area contributed by atoms with E-state index in [0.29, 0.717) is 0 Å². The Bertz CT molecular complexity index is 401. The average molecular weight is 206 g/mol. The van der Waals surface area contributed by atoms with E-state index in [2.05, 4.69) is 24.1 Å². The summed E-state index contributed by atoms with van der Waals surface area (Å²) in [5.74, 6) is -0.307. The van der Waals surface area contributed by atoms with E-state index in [1.165, 1.54) is 18.5 Å². The van der Waals surface area contributed by atoms with Crippen LogP contribution in [0.5, 0.6) is 5.75 Å². The van der Waals surface area contributed by atoms with Gasteiger partial charge in [-0.1, -0.05) is 13.8 Å². The van der Waals surface area contributed by atoms with E-state index in [-0.39, 0.29) is 28.7 Å². The van der Waals surface area contributed by atoms with Gasteiger partial charge in [0, 0.05) is 12.2 Å². The van der Waals surface area contributed by atoms with Crippen LogP contribution in [0.4, 0.5) is 0 Å². The fraction of sp³-hybridized carbons (Fsp3) is 0.455. The molecule has 1 aliphatic carbocycles. The van der Waals surface area contributed by atoms with E-state index < -0.39 is 0 Å². The van der Waals surface area contributed by atoms with Gasteiger partial charge in [-0.15, -0.1) is 0 Å². The number of aromatic nitrogens is 1. The molecule has 80 valence electrons. The molecule has 0 radical (unpaired) electrons. The Kier molecular flexibility index (Phi) is 2.14. The first kappa shape index (κ1) is 9.96. The van der Waals surface area contributed by atoms with Crippen LogP contribution in [0.3, 0.4) is 0 Å². The molecule has 1 unspecified atom stereocenters. The third-order valence-corrected chi connectivity index (χ3v) is 2.86. The van der Waals surface area contributed by atoms with Crippen molar-refractivity contribution in [3.63, 3.8) is 0 Å². The molecule has 1 atom stereocenters. The second-order valence-electron chi connectivity index (χ2n) is 4.61. The van der Waals surface area contributed by atoms with Crippen molar-refractivity contribution >= 4 is 5.91 Å². The minimum atomic E-state index is -0.231. The van der Waals surface area contributed by atoms with Crippen LogP contribution in [0.25, 0.3) is 0 Å². The third-order valence-electron chi connectivity index (χ3n) is 2.86. The van der Waals surface area contributed by atoms with Gasteiger partial charge in [0.2, 0.25) is 0 Å². The fourth-order valence-electron chi connectivity index (χ4n) is 1.53. The van der Waals surface area contributed by atoms with Crippen molar-refractivity contribution in [2.24, 2.45) is 5.41 Å².